The number of carbonyl (C=O) groups excluding carboxylic acids is 2. The number of esters is 1. The molecule has 1 aromatic rings. The molecule has 1 fully saturated rings. The summed E-state index contributed by atoms with van der Waals surface area (Å²) in [6.07, 6.45) is 5.26. The first-order valence-electron chi connectivity index (χ1n) is 8.07. The first-order valence-corrected chi connectivity index (χ1v) is 8.07. The zero-order valence-corrected chi connectivity index (χ0v) is 13.5. The van der Waals surface area contributed by atoms with Gasteiger partial charge in [-0.1, -0.05) is 49.6 Å². The van der Waals surface area contributed by atoms with Crippen LogP contribution in [0, 0.1) is 0 Å². The highest BCUT2D eigenvalue weighted by molar-refractivity contribution is 5.73. The van der Waals surface area contributed by atoms with E-state index in [-0.39, 0.29) is 17.9 Å². The van der Waals surface area contributed by atoms with Crippen LogP contribution in [0.3, 0.4) is 0 Å². The fourth-order valence-electron chi connectivity index (χ4n) is 3.18. The number of rotatable bonds is 5. The van der Waals surface area contributed by atoms with Crippen LogP contribution in [-0.2, 0) is 14.3 Å². The minimum atomic E-state index is -0.399. The Morgan fingerprint density at radius 2 is 1.77 bits per heavy atom. The summed E-state index contributed by atoms with van der Waals surface area (Å²) >= 11 is 0. The van der Waals surface area contributed by atoms with Crippen molar-refractivity contribution in [2.75, 3.05) is 6.54 Å². The second kappa shape index (κ2) is 7.97. The topological polar surface area (TPSA) is 46.6 Å². The Bertz CT molecular complexity index is 494. The monoisotopic (exact) mass is 303 g/mol. The highest BCUT2D eigenvalue weighted by Crippen LogP contribution is 2.26. The van der Waals surface area contributed by atoms with Gasteiger partial charge in [0.05, 0.1) is 6.54 Å². The fraction of sp³-hybridized carbons (Fsp3) is 0.556. The number of hydrogen-bond acceptors (Lipinski definition) is 3. The molecule has 0 bridgehead atoms. The number of carbonyl (C=O) groups is 2. The second-order valence-corrected chi connectivity index (χ2v) is 5.97. The molecule has 0 heterocycles. The van der Waals surface area contributed by atoms with E-state index in [4.69, 9.17) is 4.74 Å². The molecule has 120 valence electrons. The van der Waals surface area contributed by atoms with Gasteiger partial charge in [0.25, 0.3) is 0 Å². The van der Waals surface area contributed by atoms with Crippen molar-refractivity contribution >= 4 is 11.9 Å². The van der Waals surface area contributed by atoms with E-state index in [0.717, 1.165) is 31.2 Å². The molecule has 0 saturated heterocycles. The molecule has 0 radical (unpaired) electrons. The van der Waals surface area contributed by atoms with Gasteiger partial charge in [0.1, 0.15) is 6.10 Å². The first kappa shape index (κ1) is 16.5. The van der Waals surface area contributed by atoms with Gasteiger partial charge in [-0.2, -0.15) is 0 Å². The minimum Gasteiger partial charge on any atom is -0.456 e. The van der Waals surface area contributed by atoms with Crippen LogP contribution in [0.5, 0.6) is 0 Å². The maximum atomic E-state index is 12.1. The third kappa shape index (κ3) is 4.58. The van der Waals surface area contributed by atoms with Crippen molar-refractivity contribution in [2.45, 2.75) is 58.1 Å². The predicted molar refractivity (Wildman–Crippen MR) is 85.2 cm³/mol. The van der Waals surface area contributed by atoms with Crippen LogP contribution in [0.25, 0.3) is 0 Å². The lowest BCUT2D eigenvalue weighted by Crippen LogP contribution is -2.43. The van der Waals surface area contributed by atoms with Crippen molar-refractivity contribution in [1.29, 1.82) is 0 Å². The predicted octanol–water partition coefficient (Wildman–Crippen LogP) is 3.47. The van der Waals surface area contributed by atoms with Gasteiger partial charge in [-0.05, 0) is 18.4 Å². The molecule has 0 aromatic heterocycles. The van der Waals surface area contributed by atoms with Crippen molar-refractivity contribution in [1.82, 2.24) is 4.90 Å². The largest absolute Gasteiger partial charge is 0.456 e. The van der Waals surface area contributed by atoms with E-state index in [1.165, 1.54) is 13.3 Å². The molecule has 1 aliphatic rings. The van der Waals surface area contributed by atoms with Gasteiger partial charge in [0.2, 0.25) is 5.91 Å². The summed E-state index contributed by atoms with van der Waals surface area (Å²) in [6.45, 7) is 3.45. The number of hydrogen-bond donors (Lipinski definition) is 0. The molecule has 1 atom stereocenters. The number of ether oxygens (including phenoxy) is 1. The van der Waals surface area contributed by atoms with Gasteiger partial charge in [0.15, 0.2) is 0 Å². The van der Waals surface area contributed by atoms with Gasteiger partial charge in [-0.15, -0.1) is 0 Å². The highest BCUT2D eigenvalue weighted by atomic mass is 16.5. The van der Waals surface area contributed by atoms with Crippen molar-refractivity contribution < 1.29 is 14.3 Å². The number of nitrogens with zero attached hydrogens (tertiary/aromatic N) is 1. The number of amides is 1. The fourth-order valence-corrected chi connectivity index (χ4v) is 3.18. The smallest absolute Gasteiger partial charge is 0.303 e. The van der Waals surface area contributed by atoms with Crippen LogP contribution < -0.4 is 0 Å². The van der Waals surface area contributed by atoms with Crippen LogP contribution >= 0.6 is 0 Å². The molecule has 1 aliphatic carbocycles. The highest BCUT2D eigenvalue weighted by Gasteiger charge is 2.27. The summed E-state index contributed by atoms with van der Waals surface area (Å²) in [4.78, 5) is 25.4. The van der Waals surface area contributed by atoms with Gasteiger partial charge in [-0.25, -0.2) is 0 Å². The Morgan fingerprint density at radius 1 is 1.14 bits per heavy atom. The zero-order valence-electron chi connectivity index (χ0n) is 13.5. The van der Waals surface area contributed by atoms with E-state index < -0.39 is 6.10 Å². The van der Waals surface area contributed by atoms with E-state index in [9.17, 15) is 9.59 Å². The van der Waals surface area contributed by atoms with E-state index >= 15 is 0 Å². The molecule has 1 saturated carbocycles. The maximum absolute atomic E-state index is 12.1. The summed E-state index contributed by atoms with van der Waals surface area (Å²) in [6, 6.07) is 9.92. The molecule has 1 unspecified atom stereocenters. The van der Waals surface area contributed by atoms with Crippen molar-refractivity contribution in [3.8, 4) is 0 Å². The van der Waals surface area contributed by atoms with Crippen LogP contribution in [-0.4, -0.2) is 29.4 Å². The lowest BCUT2D eigenvalue weighted by molar-refractivity contribution is -0.151. The third-order valence-electron chi connectivity index (χ3n) is 4.26. The quantitative estimate of drug-likeness (QED) is 0.782. The Hall–Kier alpha value is -1.84. The molecule has 0 spiro atoms. The SMILES string of the molecule is CC(=O)OC(CN(C(C)=O)C1CCCCC1)c1ccccc1. The minimum absolute atomic E-state index is 0.0555. The summed E-state index contributed by atoms with van der Waals surface area (Å²) < 4.78 is 5.48. The van der Waals surface area contributed by atoms with Gasteiger partial charge < -0.3 is 9.64 Å². The Morgan fingerprint density at radius 3 is 2.32 bits per heavy atom. The third-order valence-corrected chi connectivity index (χ3v) is 4.26. The van der Waals surface area contributed by atoms with Crippen molar-refractivity contribution in [3.63, 3.8) is 0 Å². The van der Waals surface area contributed by atoms with Gasteiger partial charge >= 0.3 is 5.97 Å². The normalized spacial score (nSPS) is 16.8. The van der Waals surface area contributed by atoms with Crippen molar-refractivity contribution in [2.24, 2.45) is 0 Å². The summed E-state index contributed by atoms with van der Waals surface area (Å²) in [5.41, 5.74) is 0.930. The molecule has 2 rings (SSSR count). The van der Waals surface area contributed by atoms with Gasteiger partial charge in [0, 0.05) is 19.9 Å². The van der Waals surface area contributed by atoms with Crippen LogP contribution in [0.1, 0.15) is 57.6 Å². The molecular weight excluding hydrogens is 278 g/mol. The molecule has 4 heteroatoms. The molecule has 1 amide bonds. The van der Waals surface area contributed by atoms with Gasteiger partial charge in [-0.3, -0.25) is 9.59 Å². The van der Waals surface area contributed by atoms with E-state index in [0.29, 0.717) is 6.54 Å². The molecule has 1 aromatic carbocycles. The standard InChI is InChI=1S/C18H25NO3/c1-14(20)19(17-11-7-4-8-12-17)13-18(22-15(2)21)16-9-5-3-6-10-16/h3,5-6,9-10,17-18H,4,7-8,11-13H2,1-2H3. The first-order chi connectivity index (χ1) is 10.6. The number of benzene rings is 1. The van der Waals surface area contributed by atoms with Crippen LogP contribution in [0.15, 0.2) is 30.3 Å². The molecular formula is C18H25NO3. The van der Waals surface area contributed by atoms with Crippen molar-refractivity contribution in [3.05, 3.63) is 35.9 Å². The Balaban J connectivity index is 2.15. The lowest BCUT2D eigenvalue weighted by atomic mass is 9.93. The lowest BCUT2D eigenvalue weighted by Gasteiger charge is -2.36. The zero-order chi connectivity index (χ0) is 15.9. The summed E-state index contributed by atoms with van der Waals surface area (Å²) in [5.74, 6) is -0.263. The Labute approximate surface area is 132 Å². The summed E-state index contributed by atoms with van der Waals surface area (Å²) in [5, 5.41) is 0. The molecule has 0 aliphatic heterocycles. The van der Waals surface area contributed by atoms with E-state index in [2.05, 4.69) is 0 Å². The Kier molecular flexibility index (Phi) is 5.99. The molecule has 0 N–H and O–H groups in total. The molecule has 22 heavy (non-hydrogen) atoms. The summed E-state index contributed by atoms with van der Waals surface area (Å²) in [7, 11) is 0. The molecule has 4 nitrogen and oxygen atoms in total. The van der Waals surface area contributed by atoms with E-state index in [1.54, 1.807) is 6.92 Å². The van der Waals surface area contributed by atoms with E-state index in [1.807, 2.05) is 35.2 Å². The van der Waals surface area contributed by atoms with Crippen LogP contribution in [0.4, 0.5) is 0 Å². The van der Waals surface area contributed by atoms with Crippen LogP contribution in [0.2, 0.25) is 0 Å². The maximum Gasteiger partial charge on any atom is 0.303 e. The average molecular weight is 303 g/mol. The average Bonchev–Trinajstić information content (AvgIpc) is 2.52. The second-order valence-electron chi connectivity index (χ2n) is 5.97.